The Hall–Kier alpha value is -2.17. The molecule has 114 valence electrons. The minimum absolute atomic E-state index is 0.256. The number of hydrogen-bond acceptors (Lipinski definition) is 3. The number of hydrogen-bond donors (Lipinski definition) is 0. The Labute approximate surface area is 130 Å². The quantitative estimate of drug-likeness (QED) is 0.872. The summed E-state index contributed by atoms with van der Waals surface area (Å²) >= 11 is 0. The van der Waals surface area contributed by atoms with Gasteiger partial charge in [0.25, 0.3) is 0 Å². The molecule has 2 heterocycles. The lowest BCUT2D eigenvalue weighted by atomic mass is 9.93. The third kappa shape index (κ3) is 2.21. The number of amides is 1. The maximum absolute atomic E-state index is 13.1. The zero-order valence-electron chi connectivity index (χ0n) is 12.6. The summed E-state index contributed by atoms with van der Waals surface area (Å²) in [5, 5.41) is 4.24. The topological polar surface area (TPSA) is 51.0 Å². The predicted octanol–water partition coefficient (Wildman–Crippen LogP) is 2.17. The number of carbonyl (C=O) groups is 1. The van der Waals surface area contributed by atoms with Crippen LogP contribution < -0.4 is 0 Å². The minimum atomic E-state index is -0.258. The molecule has 22 heavy (non-hydrogen) atoms. The first-order valence-corrected chi connectivity index (χ1v) is 7.99. The average Bonchev–Trinajstić information content (AvgIpc) is 3.21. The molecule has 2 aromatic rings. The molecule has 1 aromatic carbocycles. The van der Waals surface area contributed by atoms with Crippen molar-refractivity contribution in [1.29, 1.82) is 0 Å². The third-order valence-corrected chi connectivity index (χ3v) is 4.98. The molecular weight excluding hydrogens is 276 g/mol. The molecule has 0 unspecified atom stereocenters. The van der Waals surface area contributed by atoms with Crippen molar-refractivity contribution in [2.45, 2.75) is 37.1 Å². The highest BCUT2D eigenvalue weighted by atomic mass is 16.2. The standard InChI is InChI=1S/C17H20N4O/c22-16(17(8-9-17)14-5-2-1-3-6-14)20-10-4-7-15(11-20)21-13-18-12-19-21/h1-3,5-6,12-13,15H,4,7-11H2/t15-/m1/s1. The second-order valence-corrected chi connectivity index (χ2v) is 6.37. The molecule has 2 fully saturated rings. The maximum Gasteiger partial charge on any atom is 0.233 e. The molecule has 4 rings (SSSR count). The van der Waals surface area contributed by atoms with Crippen LogP contribution in [0.25, 0.3) is 0 Å². The molecule has 1 aromatic heterocycles. The highest BCUT2D eigenvalue weighted by Crippen LogP contribution is 2.50. The van der Waals surface area contributed by atoms with Crippen LogP contribution in [0.5, 0.6) is 0 Å². The zero-order valence-corrected chi connectivity index (χ0v) is 12.6. The number of nitrogens with zero attached hydrogens (tertiary/aromatic N) is 4. The first-order valence-electron chi connectivity index (χ1n) is 7.99. The van der Waals surface area contributed by atoms with Crippen molar-refractivity contribution in [2.75, 3.05) is 13.1 Å². The number of piperidine rings is 1. The molecule has 5 nitrogen and oxygen atoms in total. The number of carbonyl (C=O) groups excluding carboxylic acids is 1. The Kier molecular flexibility index (Phi) is 3.21. The lowest BCUT2D eigenvalue weighted by Gasteiger charge is -2.35. The molecule has 0 radical (unpaired) electrons. The third-order valence-electron chi connectivity index (χ3n) is 4.98. The van der Waals surface area contributed by atoms with Gasteiger partial charge in [-0.2, -0.15) is 5.10 Å². The van der Waals surface area contributed by atoms with Crippen LogP contribution in [0.2, 0.25) is 0 Å². The summed E-state index contributed by atoms with van der Waals surface area (Å²) in [6.07, 6.45) is 7.35. The Morgan fingerprint density at radius 3 is 2.73 bits per heavy atom. The minimum Gasteiger partial charge on any atom is -0.340 e. The van der Waals surface area contributed by atoms with E-state index in [1.165, 1.54) is 5.56 Å². The highest BCUT2D eigenvalue weighted by Gasteiger charge is 2.53. The Morgan fingerprint density at radius 2 is 2.05 bits per heavy atom. The Bertz CT molecular complexity index is 649. The van der Waals surface area contributed by atoms with Gasteiger partial charge in [0, 0.05) is 13.1 Å². The molecule has 2 aliphatic rings. The van der Waals surface area contributed by atoms with Crippen LogP contribution >= 0.6 is 0 Å². The van der Waals surface area contributed by atoms with Crippen LogP contribution in [0.15, 0.2) is 43.0 Å². The van der Waals surface area contributed by atoms with Crippen molar-refractivity contribution < 1.29 is 4.79 Å². The van der Waals surface area contributed by atoms with Gasteiger partial charge in [0.1, 0.15) is 12.7 Å². The summed E-state index contributed by atoms with van der Waals surface area (Å²) in [7, 11) is 0. The molecule has 0 N–H and O–H groups in total. The molecular formula is C17H20N4O. The monoisotopic (exact) mass is 296 g/mol. The molecule has 1 aliphatic carbocycles. The fraction of sp³-hybridized carbons (Fsp3) is 0.471. The van der Waals surface area contributed by atoms with E-state index in [1.807, 2.05) is 27.8 Å². The van der Waals surface area contributed by atoms with Crippen LogP contribution in [-0.4, -0.2) is 38.7 Å². The van der Waals surface area contributed by atoms with Crippen LogP contribution in [0.1, 0.15) is 37.3 Å². The molecule has 1 saturated heterocycles. The smallest absolute Gasteiger partial charge is 0.233 e. The van der Waals surface area contributed by atoms with Gasteiger partial charge in [-0.3, -0.25) is 4.79 Å². The van der Waals surface area contributed by atoms with Crippen LogP contribution in [0, 0.1) is 0 Å². The van der Waals surface area contributed by atoms with Crippen LogP contribution in [0.3, 0.4) is 0 Å². The van der Waals surface area contributed by atoms with Gasteiger partial charge in [-0.15, -0.1) is 0 Å². The van der Waals surface area contributed by atoms with Gasteiger partial charge < -0.3 is 4.90 Å². The highest BCUT2D eigenvalue weighted by molar-refractivity contribution is 5.91. The first kappa shape index (κ1) is 13.5. The molecule has 1 aliphatic heterocycles. The van der Waals surface area contributed by atoms with Crippen molar-refractivity contribution in [3.05, 3.63) is 48.5 Å². The van der Waals surface area contributed by atoms with E-state index in [1.54, 1.807) is 12.7 Å². The summed E-state index contributed by atoms with van der Waals surface area (Å²) in [6.45, 7) is 1.61. The molecule has 1 atom stereocenters. The SMILES string of the molecule is O=C(N1CCC[C@@H](n2cncn2)C1)C1(c2ccccc2)CC1. The summed E-state index contributed by atoms with van der Waals surface area (Å²) < 4.78 is 1.89. The lowest BCUT2D eigenvalue weighted by Crippen LogP contribution is -2.45. The van der Waals surface area contributed by atoms with Gasteiger partial charge in [0.05, 0.1) is 11.5 Å². The fourth-order valence-corrected chi connectivity index (χ4v) is 3.57. The molecule has 0 bridgehead atoms. The van der Waals surface area contributed by atoms with E-state index in [-0.39, 0.29) is 11.5 Å². The second-order valence-electron chi connectivity index (χ2n) is 6.37. The van der Waals surface area contributed by atoms with Crippen LogP contribution in [0.4, 0.5) is 0 Å². The normalized spacial score (nSPS) is 23.3. The van der Waals surface area contributed by atoms with E-state index in [9.17, 15) is 4.79 Å². The van der Waals surface area contributed by atoms with Crippen molar-refractivity contribution >= 4 is 5.91 Å². The second kappa shape index (κ2) is 5.23. The first-order chi connectivity index (χ1) is 10.8. The summed E-state index contributed by atoms with van der Waals surface area (Å²) in [6, 6.07) is 10.5. The number of aromatic nitrogens is 3. The van der Waals surface area contributed by atoms with Gasteiger partial charge in [-0.1, -0.05) is 30.3 Å². The van der Waals surface area contributed by atoms with Crippen molar-refractivity contribution in [2.24, 2.45) is 0 Å². The summed E-state index contributed by atoms with van der Waals surface area (Å²) in [5.41, 5.74) is 0.911. The number of likely N-dealkylation sites (tertiary alicyclic amines) is 1. The van der Waals surface area contributed by atoms with E-state index in [0.717, 1.165) is 38.8 Å². The fourth-order valence-electron chi connectivity index (χ4n) is 3.57. The van der Waals surface area contributed by atoms with E-state index in [4.69, 9.17) is 0 Å². The van der Waals surface area contributed by atoms with E-state index >= 15 is 0 Å². The largest absolute Gasteiger partial charge is 0.340 e. The average molecular weight is 296 g/mol. The van der Waals surface area contributed by atoms with Gasteiger partial charge in [0.2, 0.25) is 5.91 Å². The Morgan fingerprint density at radius 1 is 1.23 bits per heavy atom. The Balaban J connectivity index is 1.53. The summed E-state index contributed by atoms with van der Waals surface area (Å²) in [5.74, 6) is 0.295. The van der Waals surface area contributed by atoms with Gasteiger partial charge in [-0.05, 0) is 31.2 Å². The zero-order chi connectivity index (χ0) is 15.0. The number of rotatable bonds is 3. The van der Waals surface area contributed by atoms with E-state index in [2.05, 4.69) is 22.2 Å². The van der Waals surface area contributed by atoms with Gasteiger partial charge >= 0.3 is 0 Å². The van der Waals surface area contributed by atoms with Crippen molar-refractivity contribution in [3.8, 4) is 0 Å². The maximum atomic E-state index is 13.1. The predicted molar refractivity (Wildman–Crippen MR) is 82.2 cm³/mol. The van der Waals surface area contributed by atoms with Crippen molar-refractivity contribution in [3.63, 3.8) is 0 Å². The van der Waals surface area contributed by atoms with Crippen molar-refractivity contribution in [1.82, 2.24) is 19.7 Å². The molecule has 0 spiro atoms. The summed E-state index contributed by atoms with van der Waals surface area (Å²) in [4.78, 5) is 19.1. The lowest BCUT2D eigenvalue weighted by molar-refractivity contribution is -0.135. The number of benzene rings is 1. The van der Waals surface area contributed by atoms with Crippen LogP contribution in [-0.2, 0) is 10.2 Å². The van der Waals surface area contributed by atoms with Gasteiger partial charge in [0.15, 0.2) is 0 Å². The van der Waals surface area contributed by atoms with E-state index < -0.39 is 0 Å². The molecule has 1 amide bonds. The molecule has 1 saturated carbocycles. The van der Waals surface area contributed by atoms with Gasteiger partial charge in [-0.25, -0.2) is 9.67 Å². The van der Waals surface area contributed by atoms with E-state index in [0.29, 0.717) is 5.91 Å². The molecule has 5 heteroatoms.